The lowest BCUT2D eigenvalue weighted by Gasteiger charge is -2.39. The normalized spacial score (nSPS) is 26.7. The van der Waals surface area contributed by atoms with Crippen LogP contribution in [0.3, 0.4) is 0 Å². The van der Waals surface area contributed by atoms with Crippen molar-refractivity contribution in [2.75, 3.05) is 13.1 Å². The molecule has 0 aromatic rings. The zero-order valence-electron chi connectivity index (χ0n) is 7.89. The van der Waals surface area contributed by atoms with Gasteiger partial charge in [0.25, 0.3) is 0 Å². The minimum atomic E-state index is -0.258. The summed E-state index contributed by atoms with van der Waals surface area (Å²) in [6.07, 6.45) is 7.71. The molecule has 1 spiro atoms. The minimum Gasteiger partial charge on any atom is -0.329 e. The van der Waals surface area contributed by atoms with Crippen molar-refractivity contribution in [2.24, 2.45) is 5.41 Å². The molecule has 0 aromatic heterocycles. The molecule has 3 heteroatoms. The van der Waals surface area contributed by atoms with Gasteiger partial charge in [-0.3, -0.25) is 4.79 Å². The molecule has 13 heavy (non-hydrogen) atoms. The van der Waals surface area contributed by atoms with Crippen LogP contribution in [-0.2, 0) is 0 Å². The molecule has 1 aliphatic heterocycles. The Kier molecular flexibility index (Phi) is 2.50. The van der Waals surface area contributed by atoms with Crippen molar-refractivity contribution >= 4 is 17.0 Å². The highest BCUT2D eigenvalue weighted by Gasteiger charge is 2.38. The fraction of sp³-hybridized carbons (Fsp3) is 0.900. The van der Waals surface area contributed by atoms with Crippen LogP contribution in [0.15, 0.2) is 0 Å². The number of hydrogen-bond acceptors (Lipinski definition) is 1. The number of nitrogens with zero attached hydrogens (tertiary/aromatic N) is 1. The number of hydrogen-bond donors (Lipinski definition) is 0. The largest absolute Gasteiger partial charge is 0.329 e. The molecule has 74 valence electrons. The van der Waals surface area contributed by atoms with Gasteiger partial charge < -0.3 is 4.90 Å². The summed E-state index contributed by atoms with van der Waals surface area (Å²) >= 11 is 5.51. The second kappa shape index (κ2) is 3.49. The maximum atomic E-state index is 11.0. The highest BCUT2D eigenvalue weighted by Crippen LogP contribution is 2.44. The van der Waals surface area contributed by atoms with Crippen LogP contribution in [0, 0.1) is 5.41 Å². The number of carbonyl (C=O) groups is 1. The van der Waals surface area contributed by atoms with Crippen molar-refractivity contribution in [2.45, 2.75) is 38.5 Å². The quantitative estimate of drug-likeness (QED) is 0.436. The number of likely N-dealkylation sites (tertiary alicyclic amines) is 1. The first-order chi connectivity index (χ1) is 6.22. The fourth-order valence-corrected chi connectivity index (χ4v) is 3.04. The van der Waals surface area contributed by atoms with E-state index in [2.05, 4.69) is 0 Å². The predicted molar refractivity (Wildman–Crippen MR) is 53.0 cm³/mol. The molecule has 2 fully saturated rings. The van der Waals surface area contributed by atoms with Crippen molar-refractivity contribution in [3.05, 3.63) is 0 Å². The molecule has 2 aliphatic rings. The standard InChI is InChI=1S/C10H16ClNO/c11-9(13)12-7-3-6-10(8-12)4-1-2-5-10/h1-8H2. The molecule has 1 saturated carbocycles. The van der Waals surface area contributed by atoms with Crippen molar-refractivity contribution < 1.29 is 4.79 Å². The first kappa shape index (κ1) is 9.32. The van der Waals surface area contributed by atoms with Crippen molar-refractivity contribution in [1.82, 2.24) is 4.90 Å². The van der Waals surface area contributed by atoms with Crippen LogP contribution in [0.5, 0.6) is 0 Å². The van der Waals surface area contributed by atoms with Crippen LogP contribution in [-0.4, -0.2) is 23.4 Å². The number of amides is 1. The average Bonchev–Trinajstić information content (AvgIpc) is 2.53. The van der Waals surface area contributed by atoms with Crippen molar-refractivity contribution in [3.8, 4) is 0 Å². The van der Waals surface area contributed by atoms with Crippen LogP contribution < -0.4 is 0 Å². The first-order valence-corrected chi connectivity index (χ1v) is 5.54. The second-order valence-electron chi connectivity index (χ2n) is 4.49. The Morgan fingerprint density at radius 1 is 1.15 bits per heavy atom. The van der Waals surface area contributed by atoms with Gasteiger partial charge in [0.15, 0.2) is 0 Å². The SMILES string of the molecule is O=C(Cl)N1CCCC2(CCCC2)C1. The van der Waals surface area contributed by atoms with E-state index in [-0.39, 0.29) is 5.37 Å². The summed E-state index contributed by atoms with van der Waals surface area (Å²) in [5.74, 6) is 0. The Morgan fingerprint density at radius 2 is 1.77 bits per heavy atom. The van der Waals surface area contributed by atoms with E-state index in [9.17, 15) is 4.79 Å². The summed E-state index contributed by atoms with van der Waals surface area (Å²) in [6, 6.07) is 0. The molecule has 0 unspecified atom stereocenters. The highest BCUT2D eigenvalue weighted by molar-refractivity contribution is 6.62. The number of carbonyl (C=O) groups excluding carboxylic acids is 1. The zero-order chi connectivity index (χ0) is 9.31. The smallest absolute Gasteiger partial charge is 0.316 e. The van der Waals surface area contributed by atoms with Gasteiger partial charge >= 0.3 is 5.37 Å². The fourth-order valence-electron chi connectivity index (χ4n) is 2.89. The van der Waals surface area contributed by atoms with Gasteiger partial charge in [0.2, 0.25) is 0 Å². The molecule has 1 aliphatic carbocycles. The lowest BCUT2D eigenvalue weighted by atomic mass is 9.79. The van der Waals surface area contributed by atoms with E-state index in [0.717, 1.165) is 19.5 Å². The van der Waals surface area contributed by atoms with Crippen molar-refractivity contribution in [3.63, 3.8) is 0 Å². The second-order valence-corrected chi connectivity index (χ2v) is 4.81. The molecule has 0 bridgehead atoms. The van der Waals surface area contributed by atoms with E-state index >= 15 is 0 Å². The summed E-state index contributed by atoms with van der Waals surface area (Å²) < 4.78 is 0. The monoisotopic (exact) mass is 201 g/mol. The van der Waals surface area contributed by atoms with Gasteiger partial charge in [-0.1, -0.05) is 12.8 Å². The van der Waals surface area contributed by atoms with Crippen LogP contribution in [0.4, 0.5) is 4.79 Å². The molecule has 0 atom stereocenters. The molecule has 2 nitrogen and oxygen atoms in total. The molecular formula is C10H16ClNO. The third-order valence-corrected chi connectivity index (χ3v) is 3.81. The maximum Gasteiger partial charge on any atom is 0.316 e. The predicted octanol–water partition coefficient (Wildman–Crippen LogP) is 3.00. The van der Waals surface area contributed by atoms with Crippen LogP contribution >= 0.6 is 11.6 Å². The van der Waals surface area contributed by atoms with Gasteiger partial charge in [-0.2, -0.15) is 0 Å². The van der Waals surface area contributed by atoms with E-state index in [1.54, 1.807) is 0 Å². The maximum absolute atomic E-state index is 11.0. The van der Waals surface area contributed by atoms with Crippen molar-refractivity contribution in [1.29, 1.82) is 0 Å². The van der Waals surface area contributed by atoms with Crippen LogP contribution in [0.1, 0.15) is 38.5 Å². The van der Waals surface area contributed by atoms with E-state index in [0.29, 0.717) is 5.41 Å². The topological polar surface area (TPSA) is 20.3 Å². The van der Waals surface area contributed by atoms with Crippen LogP contribution in [0.2, 0.25) is 0 Å². The first-order valence-electron chi connectivity index (χ1n) is 5.16. The molecule has 0 aromatic carbocycles. The van der Waals surface area contributed by atoms with Gasteiger partial charge in [-0.05, 0) is 42.7 Å². The molecule has 1 saturated heterocycles. The third kappa shape index (κ3) is 1.83. The van der Waals surface area contributed by atoms with Gasteiger partial charge in [0.05, 0.1) is 0 Å². The van der Waals surface area contributed by atoms with E-state index in [4.69, 9.17) is 11.6 Å². The van der Waals surface area contributed by atoms with E-state index in [1.165, 1.54) is 32.1 Å². The molecule has 2 rings (SSSR count). The van der Waals surface area contributed by atoms with Gasteiger partial charge in [-0.25, -0.2) is 0 Å². The average molecular weight is 202 g/mol. The third-order valence-electron chi connectivity index (χ3n) is 3.57. The zero-order valence-corrected chi connectivity index (χ0v) is 8.65. The molecular weight excluding hydrogens is 186 g/mol. The number of halogens is 1. The van der Waals surface area contributed by atoms with Gasteiger partial charge in [-0.15, -0.1) is 0 Å². The van der Waals surface area contributed by atoms with Gasteiger partial charge in [0, 0.05) is 13.1 Å². The van der Waals surface area contributed by atoms with E-state index in [1.807, 2.05) is 4.90 Å². The lowest BCUT2D eigenvalue weighted by molar-refractivity contribution is 0.121. The Balaban J connectivity index is 2.02. The number of piperidine rings is 1. The Hall–Kier alpha value is -0.240. The lowest BCUT2D eigenvalue weighted by Crippen LogP contribution is -2.42. The van der Waals surface area contributed by atoms with Crippen LogP contribution in [0.25, 0.3) is 0 Å². The summed E-state index contributed by atoms with van der Waals surface area (Å²) in [5.41, 5.74) is 0.447. The summed E-state index contributed by atoms with van der Waals surface area (Å²) in [6.45, 7) is 1.78. The molecule has 0 radical (unpaired) electrons. The Morgan fingerprint density at radius 3 is 2.38 bits per heavy atom. The Bertz CT molecular complexity index is 211. The Labute approximate surface area is 84.2 Å². The number of rotatable bonds is 0. The minimum absolute atomic E-state index is 0.258. The summed E-state index contributed by atoms with van der Waals surface area (Å²) in [5, 5.41) is -0.258. The molecule has 0 N–H and O–H groups in total. The highest BCUT2D eigenvalue weighted by atomic mass is 35.5. The molecule has 1 heterocycles. The summed E-state index contributed by atoms with van der Waals surface area (Å²) in [7, 11) is 0. The van der Waals surface area contributed by atoms with Gasteiger partial charge in [0.1, 0.15) is 0 Å². The van der Waals surface area contributed by atoms with E-state index < -0.39 is 0 Å². The summed E-state index contributed by atoms with van der Waals surface area (Å²) in [4.78, 5) is 12.8. The molecule has 1 amide bonds.